The average molecular weight is 245 g/mol. The van der Waals surface area contributed by atoms with Crippen LogP contribution < -0.4 is 0 Å². The Morgan fingerprint density at radius 3 is 2.94 bits per heavy atom. The molecule has 1 heterocycles. The number of rotatable bonds is 3. The fourth-order valence-electron chi connectivity index (χ4n) is 2.10. The van der Waals surface area contributed by atoms with E-state index in [9.17, 15) is 4.79 Å². The van der Waals surface area contributed by atoms with Crippen molar-refractivity contribution < 1.29 is 9.63 Å². The first-order valence-corrected chi connectivity index (χ1v) is 6.01. The highest BCUT2D eigenvalue weighted by Gasteiger charge is 2.25. The largest absolute Gasteiger partial charge is 0.298 e. The molecule has 2 aromatic rings. The number of benzene rings is 1. The fraction of sp³-hybridized carbons (Fsp3) is 0.385. The molecule has 1 N–H and O–H groups in total. The topological polar surface area (TPSA) is 58.2 Å². The lowest BCUT2D eigenvalue weighted by molar-refractivity contribution is -0.0759. The van der Waals surface area contributed by atoms with Gasteiger partial charge in [-0.1, -0.05) is 12.1 Å². The Labute approximate surface area is 105 Å². The Balaban J connectivity index is 2.01. The minimum absolute atomic E-state index is 0.247. The van der Waals surface area contributed by atoms with Crippen LogP contribution in [-0.4, -0.2) is 35.3 Å². The van der Waals surface area contributed by atoms with Crippen molar-refractivity contribution in [1.82, 2.24) is 15.3 Å². The first kappa shape index (κ1) is 11.2. The second-order valence-electron chi connectivity index (χ2n) is 4.64. The summed E-state index contributed by atoms with van der Waals surface area (Å²) in [5.41, 5.74) is 2.63. The molecule has 94 valence electrons. The van der Waals surface area contributed by atoms with Crippen molar-refractivity contribution >= 4 is 16.8 Å². The zero-order chi connectivity index (χ0) is 12.7. The lowest BCUT2D eigenvalue weighted by Crippen LogP contribution is -2.25. The van der Waals surface area contributed by atoms with E-state index in [1.807, 2.05) is 6.07 Å². The van der Waals surface area contributed by atoms with Crippen LogP contribution in [0.15, 0.2) is 18.2 Å². The van der Waals surface area contributed by atoms with E-state index in [1.165, 1.54) is 30.6 Å². The quantitative estimate of drug-likeness (QED) is 0.842. The molecule has 1 saturated carbocycles. The molecule has 0 spiro atoms. The fourth-order valence-corrected chi connectivity index (χ4v) is 2.10. The first-order chi connectivity index (χ1) is 8.70. The van der Waals surface area contributed by atoms with Crippen LogP contribution in [0.4, 0.5) is 0 Å². The summed E-state index contributed by atoms with van der Waals surface area (Å²) in [6.45, 7) is 0. The monoisotopic (exact) mass is 245 g/mol. The molecule has 1 aliphatic carbocycles. The molecule has 18 heavy (non-hydrogen) atoms. The maximum atomic E-state index is 12.0. The summed E-state index contributed by atoms with van der Waals surface area (Å²) in [4.78, 5) is 16.9. The SMILES string of the molecule is CON(C)C(=O)c1n[nH]c2cc(C3CC3)ccc12. The number of H-pyrrole nitrogens is 1. The first-order valence-electron chi connectivity index (χ1n) is 6.01. The highest BCUT2D eigenvalue weighted by molar-refractivity contribution is 6.04. The molecule has 1 aromatic carbocycles. The van der Waals surface area contributed by atoms with Gasteiger partial charge in [0, 0.05) is 12.4 Å². The zero-order valence-electron chi connectivity index (χ0n) is 10.4. The van der Waals surface area contributed by atoms with Crippen LogP contribution in [0.25, 0.3) is 10.9 Å². The summed E-state index contributed by atoms with van der Waals surface area (Å²) in [6, 6.07) is 6.13. The molecular formula is C13H15N3O2. The number of nitrogens with zero attached hydrogens (tertiary/aromatic N) is 2. The predicted molar refractivity (Wildman–Crippen MR) is 67.2 cm³/mol. The van der Waals surface area contributed by atoms with Crippen molar-refractivity contribution in [3.8, 4) is 0 Å². The molecule has 3 rings (SSSR count). The highest BCUT2D eigenvalue weighted by atomic mass is 16.7. The number of hydrogen-bond acceptors (Lipinski definition) is 3. The van der Waals surface area contributed by atoms with Gasteiger partial charge < -0.3 is 0 Å². The van der Waals surface area contributed by atoms with Crippen LogP contribution >= 0.6 is 0 Å². The Bertz CT molecular complexity index is 601. The normalized spacial score (nSPS) is 15.0. The van der Waals surface area contributed by atoms with Crippen LogP contribution in [0.5, 0.6) is 0 Å². The molecule has 1 aliphatic rings. The lowest BCUT2D eigenvalue weighted by Gasteiger charge is -2.11. The summed E-state index contributed by atoms with van der Waals surface area (Å²) in [5, 5.41) is 9.02. The van der Waals surface area contributed by atoms with Gasteiger partial charge in [0.25, 0.3) is 5.91 Å². The van der Waals surface area contributed by atoms with Gasteiger partial charge in [-0.05, 0) is 30.4 Å². The van der Waals surface area contributed by atoms with Gasteiger partial charge in [0.2, 0.25) is 0 Å². The number of carbonyl (C=O) groups excluding carboxylic acids is 1. The highest BCUT2D eigenvalue weighted by Crippen LogP contribution is 2.40. The van der Waals surface area contributed by atoms with E-state index in [0.29, 0.717) is 11.6 Å². The van der Waals surface area contributed by atoms with Gasteiger partial charge in [0.05, 0.1) is 12.6 Å². The predicted octanol–water partition coefficient (Wildman–Crippen LogP) is 2.07. The van der Waals surface area contributed by atoms with Crippen LogP contribution in [-0.2, 0) is 4.84 Å². The molecule has 5 heteroatoms. The Hall–Kier alpha value is -1.88. The van der Waals surface area contributed by atoms with E-state index < -0.39 is 0 Å². The molecule has 0 bridgehead atoms. The van der Waals surface area contributed by atoms with Crippen molar-refractivity contribution in [2.24, 2.45) is 0 Å². The maximum Gasteiger partial charge on any atom is 0.298 e. The van der Waals surface area contributed by atoms with E-state index in [4.69, 9.17) is 4.84 Å². The summed E-state index contributed by atoms with van der Waals surface area (Å²) in [5.74, 6) is 0.446. The van der Waals surface area contributed by atoms with Gasteiger partial charge in [-0.25, -0.2) is 5.06 Å². The second kappa shape index (κ2) is 4.10. The number of hydrogen-bond donors (Lipinski definition) is 1. The molecule has 1 amide bonds. The second-order valence-corrected chi connectivity index (χ2v) is 4.64. The van der Waals surface area contributed by atoms with Crippen molar-refractivity contribution in [1.29, 1.82) is 0 Å². The zero-order valence-corrected chi connectivity index (χ0v) is 10.4. The Kier molecular flexibility index (Phi) is 2.56. The van der Waals surface area contributed by atoms with Gasteiger partial charge >= 0.3 is 0 Å². The number of aromatic amines is 1. The van der Waals surface area contributed by atoms with Gasteiger partial charge in [-0.2, -0.15) is 5.10 Å². The minimum atomic E-state index is -0.247. The number of aromatic nitrogens is 2. The van der Waals surface area contributed by atoms with E-state index in [1.54, 1.807) is 7.05 Å². The molecule has 0 radical (unpaired) electrons. The van der Waals surface area contributed by atoms with E-state index in [-0.39, 0.29) is 5.91 Å². The number of fused-ring (bicyclic) bond motifs is 1. The van der Waals surface area contributed by atoms with Crippen molar-refractivity contribution in [2.75, 3.05) is 14.2 Å². The molecule has 1 aromatic heterocycles. The van der Waals surface area contributed by atoms with Crippen molar-refractivity contribution in [3.63, 3.8) is 0 Å². The number of amides is 1. The lowest BCUT2D eigenvalue weighted by atomic mass is 10.1. The number of nitrogens with one attached hydrogen (secondary N) is 1. The Morgan fingerprint density at radius 2 is 2.28 bits per heavy atom. The van der Waals surface area contributed by atoms with Crippen molar-refractivity contribution in [2.45, 2.75) is 18.8 Å². The van der Waals surface area contributed by atoms with E-state index in [2.05, 4.69) is 22.3 Å². The summed E-state index contributed by atoms with van der Waals surface area (Å²) in [7, 11) is 3.03. The van der Waals surface area contributed by atoms with Crippen molar-refractivity contribution in [3.05, 3.63) is 29.5 Å². The Morgan fingerprint density at radius 1 is 1.50 bits per heavy atom. The third kappa shape index (κ3) is 1.76. The van der Waals surface area contributed by atoms with Gasteiger partial charge in [0.15, 0.2) is 5.69 Å². The summed E-state index contributed by atoms with van der Waals surface area (Å²) < 4.78 is 0. The third-order valence-corrected chi connectivity index (χ3v) is 3.40. The molecule has 1 fully saturated rings. The summed E-state index contributed by atoms with van der Waals surface area (Å²) in [6.07, 6.45) is 2.52. The van der Waals surface area contributed by atoms with Gasteiger partial charge in [0.1, 0.15) is 0 Å². The molecule has 5 nitrogen and oxygen atoms in total. The van der Waals surface area contributed by atoms with Gasteiger partial charge in [-0.3, -0.25) is 14.7 Å². The molecule has 0 aliphatic heterocycles. The number of hydroxylamine groups is 2. The van der Waals surface area contributed by atoms with Crippen LogP contribution in [0.1, 0.15) is 34.8 Å². The maximum absolute atomic E-state index is 12.0. The third-order valence-electron chi connectivity index (χ3n) is 3.40. The van der Waals surface area contributed by atoms with E-state index >= 15 is 0 Å². The van der Waals surface area contributed by atoms with Crippen LogP contribution in [0.2, 0.25) is 0 Å². The average Bonchev–Trinajstić information content (AvgIpc) is 3.16. The van der Waals surface area contributed by atoms with Gasteiger partial charge in [-0.15, -0.1) is 0 Å². The minimum Gasteiger partial charge on any atom is -0.277 e. The number of carbonyl (C=O) groups is 1. The van der Waals surface area contributed by atoms with Crippen LogP contribution in [0.3, 0.4) is 0 Å². The van der Waals surface area contributed by atoms with E-state index in [0.717, 1.165) is 10.9 Å². The summed E-state index contributed by atoms with van der Waals surface area (Å²) >= 11 is 0. The molecule has 0 atom stereocenters. The van der Waals surface area contributed by atoms with Crippen LogP contribution in [0, 0.1) is 0 Å². The molecule has 0 unspecified atom stereocenters. The standard InChI is InChI=1S/C13H15N3O2/c1-16(18-2)13(17)12-10-6-5-9(8-3-4-8)7-11(10)14-15-12/h5-8H,3-4H2,1-2H3,(H,14,15). The molecular weight excluding hydrogens is 230 g/mol. The molecule has 0 saturated heterocycles. The smallest absolute Gasteiger partial charge is 0.277 e.